The van der Waals surface area contributed by atoms with Gasteiger partial charge in [-0.2, -0.15) is 0 Å². The third-order valence-electron chi connectivity index (χ3n) is 9.68. The molecule has 0 saturated heterocycles. The van der Waals surface area contributed by atoms with E-state index in [0.29, 0.717) is 35.9 Å². The molecule has 4 rings (SSSR count). The monoisotopic (exact) mass is 628 g/mol. The number of ether oxygens (including phenoxy) is 2. The van der Waals surface area contributed by atoms with Crippen LogP contribution in [0.2, 0.25) is 0 Å². The Morgan fingerprint density at radius 1 is 0.977 bits per heavy atom. The molecule has 0 fully saturated rings. The molecule has 1 aromatic carbocycles. The van der Waals surface area contributed by atoms with Crippen LogP contribution < -0.4 is 14.8 Å². The second-order valence-electron chi connectivity index (χ2n) is 14.3. The first kappa shape index (κ1) is 33.3. The number of aliphatic hydroxyl groups is 2. The summed E-state index contributed by atoms with van der Waals surface area (Å²) in [7, 11) is 2.09. The predicted molar refractivity (Wildman–Crippen MR) is 180 cm³/mol. The van der Waals surface area contributed by atoms with Crippen molar-refractivity contribution in [1.82, 2.24) is 4.90 Å². The van der Waals surface area contributed by atoms with Crippen molar-refractivity contribution in [2.24, 2.45) is 16.2 Å². The van der Waals surface area contributed by atoms with E-state index >= 15 is 0 Å². The summed E-state index contributed by atoms with van der Waals surface area (Å²) < 4.78 is 15.3. The number of nitrogens with zero attached hydrogens (tertiary/aromatic N) is 1. The lowest BCUT2D eigenvalue weighted by Gasteiger charge is -2.40. The van der Waals surface area contributed by atoms with Crippen LogP contribution in [0.3, 0.4) is 0 Å². The number of benzene rings is 1. The van der Waals surface area contributed by atoms with Crippen molar-refractivity contribution in [3.63, 3.8) is 0 Å². The Bertz CT molecular complexity index is 1430. The number of nitrogens with one attached hydrogen (secondary N) is 1. The molecule has 1 aliphatic rings. The molecular formula is C34H48N2O5S2. The molecule has 43 heavy (non-hydrogen) atoms. The number of aldehydes is 1. The smallest absolute Gasteiger partial charge is 0.163 e. The van der Waals surface area contributed by atoms with E-state index in [0.717, 1.165) is 12.7 Å². The summed E-state index contributed by atoms with van der Waals surface area (Å²) in [6.07, 6.45) is 3.97. The van der Waals surface area contributed by atoms with Gasteiger partial charge in [0.15, 0.2) is 17.8 Å². The molecule has 1 atom stereocenters. The number of likely N-dealkylation sites (N-methyl/N-ethyl adjacent to an activating group) is 1. The Hall–Kier alpha value is -2.59. The first-order valence-corrected chi connectivity index (χ1v) is 16.5. The largest absolute Gasteiger partial charge is 0.489 e. The highest BCUT2D eigenvalue weighted by Gasteiger charge is 2.38. The van der Waals surface area contributed by atoms with Crippen molar-refractivity contribution in [2.75, 3.05) is 38.7 Å². The van der Waals surface area contributed by atoms with E-state index in [1.165, 1.54) is 19.9 Å². The van der Waals surface area contributed by atoms with Gasteiger partial charge in [-0.05, 0) is 54.8 Å². The standard InChI is InChI=1S/C34H48N2O5S2/c1-31(2,19-38)32(3,4)20-40-27-14-25(23(18-37)13-26(27)41-21-33(5,6)34(7,8)39)35-16-24-12-22(17-36(24)9)29-15-30-28(43-29)10-11-42-30/h10-11,13-15,17-18,24,35,38-39H,12,16,19-21H2,1-9H3. The number of carbonyl (C=O) groups is 1. The molecule has 7 nitrogen and oxygen atoms in total. The van der Waals surface area contributed by atoms with Crippen LogP contribution >= 0.6 is 22.7 Å². The molecule has 3 aromatic rings. The minimum atomic E-state index is -0.977. The van der Waals surface area contributed by atoms with Crippen LogP contribution in [0.15, 0.2) is 35.8 Å². The zero-order chi connectivity index (χ0) is 31.8. The van der Waals surface area contributed by atoms with Gasteiger partial charge in [0.1, 0.15) is 0 Å². The summed E-state index contributed by atoms with van der Waals surface area (Å²) in [5.41, 5.74) is 0.214. The highest BCUT2D eigenvalue weighted by Crippen LogP contribution is 2.42. The normalized spacial score (nSPS) is 16.5. The third kappa shape index (κ3) is 7.22. The van der Waals surface area contributed by atoms with Crippen molar-refractivity contribution in [3.05, 3.63) is 46.3 Å². The fourth-order valence-corrected chi connectivity index (χ4v) is 6.62. The fraction of sp³-hybridized carbons (Fsp3) is 0.559. The first-order chi connectivity index (χ1) is 20.0. The molecule has 0 aliphatic carbocycles. The number of hydrogen-bond donors (Lipinski definition) is 3. The summed E-state index contributed by atoms with van der Waals surface area (Å²) in [5.74, 6) is 0.959. The number of rotatable bonds is 14. The summed E-state index contributed by atoms with van der Waals surface area (Å²) in [4.78, 5) is 15.8. The molecule has 0 saturated carbocycles. The lowest BCUT2D eigenvalue weighted by molar-refractivity contribution is -0.0577. The fourth-order valence-electron chi connectivity index (χ4n) is 4.49. The minimum Gasteiger partial charge on any atom is -0.489 e. The molecule has 0 radical (unpaired) electrons. The topological polar surface area (TPSA) is 91.3 Å². The zero-order valence-corrected chi connectivity index (χ0v) is 28.7. The van der Waals surface area contributed by atoms with Gasteiger partial charge >= 0.3 is 0 Å². The quantitative estimate of drug-likeness (QED) is 0.159. The van der Waals surface area contributed by atoms with Gasteiger partial charge in [0, 0.05) is 74.9 Å². The maximum Gasteiger partial charge on any atom is 0.163 e. The van der Waals surface area contributed by atoms with Gasteiger partial charge in [-0.25, -0.2) is 0 Å². The number of anilines is 1. The predicted octanol–water partition coefficient (Wildman–Crippen LogP) is 7.53. The summed E-state index contributed by atoms with van der Waals surface area (Å²) >= 11 is 3.61. The van der Waals surface area contributed by atoms with E-state index in [1.807, 2.05) is 45.1 Å². The molecule has 236 valence electrons. The van der Waals surface area contributed by atoms with Crippen LogP contribution in [0, 0.1) is 16.2 Å². The lowest BCUT2D eigenvalue weighted by atomic mass is 9.69. The number of carbonyl (C=O) groups excluding carboxylic acids is 1. The average Bonchev–Trinajstić information content (AvgIpc) is 3.64. The number of fused-ring (bicyclic) bond motifs is 1. The molecule has 0 amide bonds. The van der Waals surface area contributed by atoms with E-state index in [9.17, 15) is 15.0 Å². The van der Waals surface area contributed by atoms with Crippen LogP contribution in [0.4, 0.5) is 5.69 Å². The number of thiophene rings is 2. The van der Waals surface area contributed by atoms with Gasteiger partial charge in [0.05, 0.1) is 18.8 Å². The van der Waals surface area contributed by atoms with Crippen molar-refractivity contribution in [3.8, 4) is 11.5 Å². The minimum absolute atomic E-state index is 0.0257. The summed E-state index contributed by atoms with van der Waals surface area (Å²) in [6, 6.07) is 8.25. The van der Waals surface area contributed by atoms with Crippen LogP contribution in [-0.4, -0.2) is 66.5 Å². The second-order valence-corrected chi connectivity index (χ2v) is 16.3. The van der Waals surface area contributed by atoms with E-state index in [-0.39, 0.29) is 30.1 Å². The van der Waals surface area contributed by atoms with Gasteiger partial charge in [0.25, 0.3) is 0 Å². The Balaban J connectivity index is 1.55. The summed E-state index contributed by atoms with van der Waals surface area (Å²) in [6.45, 7) is 16.8. The molecule has 3 N–H and O–H groups in total. The molecule has 9 heteroatoms. The van der Waals surface area contributed by atoms with Gasteiger partial charge in [-0.1, -0.05) is 41.5 Å². The SMILES string of the molecule is CN1C=C(c2cc3sccc3s2)CC1CNc1cc(OCC(C)(C)C(C)(C)CO)c(OCC(C)(C)C(C)(C)O)cc1C=O. The van der Waals surface area contributed by atoms with Gasteiger partial charge in [-0.3, -0.25) is 4.79 Å². The molecular weight excluding hydrogens is 581 g/mol. The van der Waals surface area contributed by atoms with Gasteiger partial charge < -0.3 is 29.9 Å². The van der Waals surface area contributed by atoms with E-state index in [1.54, 1.807) is 31.3 Å². The Morgan fingerprint density at radius 2 is 1.63 bits per heavy atom. The van der Waals surface area contributed by atoms with Crippen LogP contribution in [0.5, 0.6) is 11.5 Å². The van der Waals surface area contributed by atoms with Crippen molar-refractivity contribution in [1.29, 1.82) is 0 Å². The Kier molecular flexibility index (Phi) is 9.62. The Labute approximate surface area is 264 Å². The zero-order valence-electron chi connectivity index (χ0n) is 27.0. The molecule has 3 heterocycles. The average molecular weight is 629 g/mol. The third-order valence-corrected chi connectivity index (χ3v) is 11.8. The molecule has 1 unspecified atom stereocenters. The number of aliphatic hydroxyl groups excluding tert-OH is 1. The van der Waals surface area contributed by atoms with Gasteiger partial charge in [-0.15, -0.1) is 22.7 Å². The van der Waals surface area contributed by atoms with Gasteiger partial charge in [0.2, 0.25) is 0 Å². The molecule has 0 spiro atoms. The maximum absolute atomic E-state index is 12.3. The molecule has 1 aliphatic heterocycles. The van der Waals surface area contributed by atoms with Crippen molar-refractivity contribution >= 4 is 49.6 Å². The second kappa shape index (κ2) is 12.4. The highest BCUT2D eigenvalue weighted by atomic mass is 32.1. The van der Waals surface area contributed by atoms with Crippen LogP contribution in [0.1, 0.15) is 77.0 Å². The highest BCUT2D eigenvalue weighted by molar-refractivity contribution is 7.27. The first-order valence-electron chi connectivity index (χ1n) is 14.8. The molecule has 0 bridgehead atoms. The van der Waals surface area contributed by atoms with Crippen molar-refractivity contribution < 1.29 is 24.5 Å². The van der Waals surface area contributed by atoms with E-state index in [2.05, 4.69) is 54.8 Å². The Morgan fingerprint density at radius 3 is 2.23 bits per heavy atom. The lowest BCUT2D eigenvalue weighted by Crippen LogP contribution is -2.43. The number of hydrogen-bond acceptors (Lipinski definition) is 9. The maximum atomic E-state index is 12.3. The van der Waals surface area contributed by atoms with E-state index < -0.39 is 11.0 Å². The molecule has 2 aromatic heterocycles. The summed E-state index contributed by atoms with van der Waals surface area (Å²) in [5, 5.41) is 26.3. The van der Waals surface area contributed by atoms with Crippen LogP contribution in [0.25, 0.3) is 15.0 Å². The van der Waals surface area contributed by atoms with Crippen LogP contribution in [-0.2, 0) is 0 Å². The van der Waals surface area contributed by atoms with E-state index in [4.69, 9.17) is 9.47 Å². The van der Waals surface area contributed by atoms with Crippen molar-refractivity contribution in [2.45, 2.75) is 73.5 Å².